The Bertz CT molecular complexity index is 948. The van der Waals surface area contributed by atoms with E-state index in [0.717, 1.165) is 0 Å². The van der Waals surface area contributed by atoms with Crippen LogP contribution in [0.3, 0.4) is 0 Å². The molecule has 0 atom stereocenters. The predicted octanol–water partition coefficient (Wildman–Crippen LogP) is 5.97. The van der Waals surface area contributed by atoms with Crippen LogP contribution in [0.1, 0.15) is 5.56 Å². The summed E-state index contributed by atoms with van der Waals surface area (Å²) >= 11 is 0. The van der Waals surface area contributed by atoms with Crippen LogP contribution in [-0.4, -0.2) is 0 Å². The third-order valence-corrected chi connectivity index (χ3v) is 4.12. The zero-order valence-corrected chi connectivity index (χ0v) is 12.0. The van der Waals surface area contributed by atoms with Crippen LogP contribution in [0.2, 0.25) is 0 Å². The third kappa shape index (κ3) is 2.00. The lowest BCUT2D eigenvalue weighted by Crippen LogP contribution is -1.84. The minimum absolute atomic E-state index is 1.29. The average Bonchev–Trinajstić information content (AvgIpc) is 2.54. The highest BCUT2D eigenvalue weighted by atomic mass is 14.1. The van der Waals surface area contributed by atoms with Crippen LogP contribution in [0.5, 0.6) is 0 Å². The van der Waals surface area contributed by atoms with Crippen LogP contribution in [0.25, 0.3) is 32.7 Å². The molecule has 0 aliphatic rings. The summed E-state index contributed by atoms with van der Waals surface area (Å²) in [4.78, 5) is 0. The highest BCUT2D eigenvalue weighted by Crippen LogP contribution is 2.33. The van der Waals surface area contributed by atoms with Crippen LogP contribution < -0.4 is 0 Å². The van der Waals surface area contributed by atoms with E-state index < -0.39 is 0 Å². The molecule has 0 aliphatic heterocycles. The summed E-state index contributed by atoms with van der Waals surface area (Å²) in [6.45, 7) is 2.14. The summed E-state index contributed by atoms with van der Waals surface area (Å²) < 4.78 is 0. The van der Waals surface area contributed by atoms with Crippen molar-refractivity contribution in [3.63, 3.8) is 0 Å². The quantitative estimate of drug-likeness (QED) is 0.373. The van der Waals surface area contributed by atoms with E-state index in [1.165, 1.54) is 38.2 Å². The maximum Gasteiger partial charge on any atom is -0.00990 e. The second kappa shape index (κ2) is 4.75. The number of rotatable bonds is 1. The Balaban J connectivity index is 2.09. The van der Waals surface area contributed by atoms with Crippen molar-refractivity contribution in [2.45, 2.75) is 6.92 Å². The molecule has 0 unspecified atom stereocenters. The molecule has 0 spiro atoms. The van der Waals surface area contributed by atoms with Crippen LogP contribution in [-0.2, 0) is 0 Å². The molecule has 4 aromatic carbocycles. The van der Waals surface area contributed by atoms with Crippen LogP contribution >= 0.6 is 0 Å². The summed E-state index contributed by atoms with van der Waals surface area (Å²) in [5.74, 6) is 0. The van der Waals surface area contributed by atoms with Gasteiger partial charge in [-0.25, -0.2) is 0 Å². The zero-order chi connectivity index (χ0) is 14.2. The Morgan fingerprint density at radius 1 is 0.571 bits per heavy atom. The highest BCUT2D eigenvalue weighted by molar-refractivity contribution is 6.11. The molecule has 0 heteroatoms. The van der Waals surface area contributed by atoms with Gasteiger partial charge in [-0.1, -0.05) is 84.4 Å². The Kier molecular flexibility index (Phi) is 2.75. The first-order valence-corrected chi connectivity index (χ1v) is 7.30. The van der Waals surface area contributed by atoms with E-state index in [9.17, 15) is 0 Å². The van der Waals surface area contributed by atoms with Gasteiger partial charge in [0, 0.05) is 0 Å². The maximum absolute atomic E-state index is 2.25. The molecule has 0 N–H and O–H groups in total. The lowest BCUT2D eigenvalue weighted by Gasteiger charge is -2.10. The zero-order valence-electron chi connectivity index (χ0n) is 12.0. The summed E-state index contributed by atoms with van der Waals surface area (Å²) in [7, 11) is 0. The van der Waals surface area contributed by atoms with Crippen LogP contribution in [0, 0.1) is 6.92 Å². The normalized spacial score (nSPS) is 11.1. The van der Waals surface area contributed by atoms with Crippen molar-refractivity contribution in [1.29, 1.82) is 0 Å². The van der Waals surface area contributed by atoms with E-state index in [1.807, 2.05) is 0 Å². The summed E-state index contributed by atoms with van der Waals surface area (Å²) in [6.07, 6.45) is 0. The van der Waals surface area contributed by atoms with Gasteiger partial charge in [0.25, 0.3) is 0 Å². The molecule has 0 aromatic heterocycles. The van der Waals surface area contributed by atoms with E-state index in [-0.39, 0.29) is 0 Å². The van der Waals surface area contributed by atoms with Crippen molar-refractivity contribution in [1.82, 2.24) is 0 Å². The van der Waals surface area contributed by atoms with Crippen molar-refractivity contribution in [3.8, 4) is 11.1 Å². The van der Waals surface area contributed by atoms with Crippen molar-refractivity contribution in [2.24, 2.45) is 0 Å². The number of hydrogen-bond acceptors (Lipinski definition) is 0. The minimum atomic E-state index is 1.29. The van der Waals surface area contributed by atoms with Gasteiger partial charge in [-0.3, -0.25) is 0 Å². The molecular formula is C21H16. The highest BCUT2D eigenvalue weighted by Gasteiger charge is 2.06. The fraction of sp³-hybridized carbons (Fsp3) is 0.0476. The molecule has 0 saturated heterocycles. The van der Waals surface area contributed by atoms with Gasteiger partial charge in [0.05, 0.1) is 0 Å². The smallest absolute Gasteiger partial charge is 0.00990 e. The molecule has 0 heterocycles. The van der Waals surface area contributed by atoms with Crippen LogP contribution in [0.4, 0.5) is 0 Å². The fourth-order valence-electron chi connectivity index (χ4n) is 3.10. The number of hydrogen-bond donors (Lipinski definition) is 0. The van der Waals surface area contributed by atoms with Crippen molar-refractivity contribution in [3.05, 3.63) is 84.4 Å². The Hall–Kier alpha value is -2.60. The molecule has 0 bridgehead atoms. The van der Waals surface area contributed by atoms with Gasteiger partial charge >= 0.3 is 0 Å². The Morgan fingerprint density at radius 2 is 1.38 bits per heavy atom. The first kappa shape index (κ1) is 12.2. The Morgan fingerprint density at radius 3 is 2.29 bits per heavy atom. The summed E-state index contributed by atoms with van der Waals surface area (Å²) in [6, 6.07) is 28.4. The topological polar surface area (TPSA) is 0 Å². The summed E-state index contributed by atoms with van der Waals surface area (Å²) in [5, 5.41) is 5.27. The molecule has 4 aromatic rings. The molecule has 4 rings (SSSR count). The van der Waals surface area contributed by atoms with Gasteiger partial charge in [-0.15, -0.1) is 0 Å². The largest absolute Gasteiger partial charge is 0.0616 e. The molecule has 0 radical (unpaired) electrons. The van der Waals surface area contributed by atoms with E-state index in [4.69, 9.17) is 0 Å². The van der Waals surface area contributed by atoms with Gasteiger partial charge < -0.3 is 0 Å². The summed E-state index contributed by atoms with van der Waals surface area (Å²) in [5.41, 5.74) is 3.89. The molecule has 100 valence electrons. The van der Waals surface area contributed by atoms with E-state index in [2.05, 4.69) is 85.8 Å². The number of fused-ring (bicyclic) bond motifs is 3. The van der Waals surface area contributed by atoms with Gasteiger partial charge in [0.1, 0.15) is 0 Å². The second-order valence-electron chi connectivity index (χ2n) is 5.56. The number of benzene rings is 4. The third-order valence-electron chi connectivity index (χ3n) is 4.12. The maximum atomic E-state index is 2.25. The standard InChI is InChI=1S/C21H16/c1-15-6-4-8-17(14-15)19-10-5-11-20-18-9-3-2-7-16(18)12-13-21(19)20/h2-14H,1H3. The molecule has 0 nitrogen and oxygen atoms in total. The molecule has 21 heavy (non-hydrogen) atoms. The number of aryl methyl sites for hydroxylation is 1. The first-order valence-electron chi connectivity index (χ1n) is 7.30. The minimum Gasteiger partial charge on any atom is -0.0616 e. The van der Waals surface area contributed by atoms with Gasteiger partial charge in [-0.2, -0.15) is 0 Å². The second-order valence-corrected chi connectivity index (χ2v) is 5.56. The van der Waals surface area contributed by atoms with Gasteiger partial charge in [-0.05, 0) is 39.6 Å². The molecule has 0 amide bonds. The lowest BCUT2D eigenvalue weighted by atomic mass is 9.94. The van der Waals surface area contributed by atoms with Crippen molar-refractivity contribution in [2.75, 3.05) is 0 Å². The Labute approximate surface area is 124 Å². The first-order chi connectivity index (χ1) is 10.3. The fourth-order valence-corrected chi connectivity index (χ4v) is 3.10. The predicted molar refractivity (Wildman–Crippen MR) is 91.6 cm³/mol. The van der Waals surface area contributed by atoms with Gasteiger partial charge in [0.2, 0.25) is 0 Å². The van der Waals surface area contributed by atoms with E-state index in [1.54, 1.807) is 0 Å². The van der Waals surface area contributed by atoms with E-state index >= 15 is 0 Å². The van der Waals surface area contributed by atoms with Crippen LogP contribution in [0.15, 0.2) is 78.9 Å². The molecule has 0 aliphatic carbocycles. The monoisotopic (exact) mass is 268 g/mol. The molecular weight excluding hydrogens is 252 g/mol. The average molecular weight is 268 g/mol. The van der Waals surface area contributed by atoms with Gasteiger partial charge in [0.15, 0.2) is 0 Å². The van der Waals surface area contributed by atoms with Crippen molar-refractivity contribution >= 4 is 21.5 Å². The van der Waals surface area contributed by atoms with Crippen molar-refractivity contribution < 1.29 is 0 Å². The van der Waals surface area contributed by atoms with E-state index in [0.29, 0.717) is 0 Å². The molecule has 0 saturated carbocycles. The molecule has 0 fully saturated rings. The lowest BCUT2D eigenvalue weighted by molar-refractivity contribution is 1.47. The SMILES string of the molecule is Cc1cccc(-c2cccc3c2ccc2ccccc23)c1.